The molecule has 4 rings (SSSR count). The molecule has 0 unspecified atom stereocenters. The fourth-order valence-electron chi connectivity index (χ4n) is 3.56. The Morgan fingerprint density at radius 1 is 1.18 bits per heavy atom. The quantitative estimate of drug-likeness (QED) is 0.665. The van der Waals surface area contributed by atoms with E-state index in [1.54, 1.807) is 24.4 Å². The lowest BCUT2D eigenvalue weighted by Gasteiger charge is -2.27. The first-order valence-corrected chi connectivity index (χ1v) is 9.66. The molecule has 2 aromatic heterocycles. The Bertz CT molecular complexity index is 1050. The number of carbonyl (C=O) groups is 2. The number of carbonyl (C=O) groups excluding carboxylic acids is 2. The zero-order valence-corrected chi connectivity index (χ0v) is 16.3. The molecule has 3 aromatic rings. The van der Waals surface area contributed by atoms with Crippen molar-refractivity contribution in [1.82, 2.24) is 20.2 Å². The van der Waals surface area contributed by atoms with Crippen LogP contribution in [0.25, 0.3) is 10.9 Å². The monoisotopic (exact) mass is 396 g/mol. The largest absolute Gasteiger partial charge is 0.352 e. The van der Waals surface area contributed by atoms with Gasteiger partial charge in [-0.2, -0.15) is 0 Å². The minimum atomic E-state index is -0.223. The molecule has 0 atom stereocenters. The molecule has 3 heterocycles. The topological polar surface area (TPSA) is 78.1 Å². The molecule has 0 saturated carbocycles. The molecule has 0 spiro atoms. The van der Waals surface area contributed by atoms with E-state index in [9.17, 15) is 9.59 Å². The standard InChI is InChI=1S/C21H21ClN4O2/c1-13-4-5-24-18(10-13)21(28)20-16(12-19(27)26-8-6-23-7-9-26)15-11-14(22)2-3-17(15)25-20/h2-5,10-11,23,25H,6-9,12H2,1H3. The van der Waals surface area contributed by atoms with E-state index in [0.29, 0.717) is 35.1 Å². The van der Waals surface area contributed by atoms with Crippen molar-refractivity contribution in [3.63, 3.8) is 0 Å². The number of hydrogen-bond acceptors (Lipinski definition) is 4. The van der Waals surface area contributed by atoms with E-state index in [4.69, 9.17) is 11.6 Å². The van der Waals surface area contributed by atoms with E-state index >= 15 is 0 Å². The smallest absolute Gasteiger partial charge is 0.227 e. The number of aromatic nitrogens is 2. The Hall–Kier alpha value is -2.70. The van der Waals surface area contributed by atoms with Gasteiger partial charge in [0.15, 0.2) is 0 Å². The lowest BCUT2D eigenvalue weighted by molar-refractivity contribution is -0.131. The lowest BCUT2D eigenvalue weighted by atomic mass is 10.0. The highest BCUT2D eigenvalue weighted by atomic mass is 35.5. The summed E-state index contributed by atoms with van der Waals surface area (Å²) in [5, 5.41) is 4.61. The number of nitrogens with one attached hydrogen (secondary N) is 2. The predicted molar refractivity (Wildman–Crippen MR) is 109 cm³/mol. The number of H-pyrrole nitrogens is 1. The Labute approximate surface area is 167 Å². The van der Waals surface area contributed by atoms with Gasteiger partial charge in [0.05, 0.1) is 12.1 Å². The van der Waals surface area contributed by atoms with Gasteiger partial charge in [-0.25, -0.2) is 0 Å². The van der Waals surface area contributed by atoms with Gasteiger partial charge in [0.2, 0.25) is 11.7 Å². The first-order valence-electron chi connectivity index (χ1n) is 9.29. The predicted octanol–water partition coefficient (Wildman–Crippen LogP) is 2.73. The van der Waals surface area contributed by atoms with Gasteiger partial charge in [0.1, 0.15) is 5.69 Å². The Balaban J connectivity index is 1.76. The maximum absolute atomic E-state index is 13.2. The molecule has 1 aromatic carbocycles. The number of hydrogen-bond donors (Lipinski definition) is 2. The van der Waals surface area contributed by atoms with E-state index in [1.165, 1.54) is 0 Å². The maximum atomic E-state index is 13.2. The normalized spacial score (nSPS) is 14.4. The third-order valence-electron chi connectivity index (χ3n) is 5.04. The van der Waals surface area contributed by atoms with Crippen molar-refractivity contribution < 1.29 is 9.59 Å². The summed E-state index contributed by atoms with van der Waals surface area (Å²) in [7, 11) is 0. The van der Waals surface area contributed by atoms with Crippen LogP contribution in [0.2, 0.25) is 5.02 Å². The van der Waals surface area contributed by atoms with Gasteiger partial charge in [0.25, 0.3) is 0 Å². The second-order valence-corrected chi connectivity index (χ2v) is 7.46. The summed E-state index contributed by atoms with van der Waals surface area (Å²) in [6, 6.07) is 8.99. The second kappa shape index (κ2) is 7.73. The fraction of sp³-hybridized carbons (Fsp3) is 0.286. The van der Waals surface area contributed by atoms with E-state index in [2.05, 4.69) is 15.3 Å². The maximum Gasteiger partial charge on any atom is 0.227 e. The Kier molecular flexibility index (Phi) is 5.15. The van der Waals surface area contributed by atoms with Crippen molar-refractivity contribution in [1.29, 1.82) is 0 Å². The van der Waals surface area contributed by atoms with Gasteiger partial charge in [-0.15, -0.1) is 0 Å². The molecule has 1 fully saturated rings. The summed E-state index contributed by atoms with van der Waals surface area (Å²) in [5.41, 5.74) is 3.17. The van der Waals surface area contributed by atoms with Crippen molar-refractivity contribution in [2.24, 2.45) is 0 Å². The molecular formula is C21H21ClN4O2. The van der Waals surface area contributed by atoms with E-state index < -0.39 is 0 Å². The number of piperazine rings is 1. The van der Waals surface area contributed by atoms with Crippen molar-refractivity contribution in [3.8, 4) is 0 Å². The molecule has 2 N–H and O–H groups in total. The SMILES string of the molecule is Cc1ccnc(C(=O)c2[nH]c3ccc(Cl)cc3c2CC(=O)N2CCNCC2)c1. The van der Waals surface area contributed by atoms with Crippen molar-refractivity contribution in [3.05, 3.63) is 64.1 Å². The van der Waals surface area contributed by atoms with Crippen LogP contribution in [0, 0.1) is 6.92 Å². The molecule has 1 aliphatic rings. The number of fused-ring (bicyclic) bond motifs is 1. The van der Waals surface area contributed by atoms with E-state index in [1.807, 2.05) is 24.0 Å². The number of aromatic amines is 1. The van der Waals surface area contributed by atoms with Crippen LogP contribution in [-0.2, 0) is 11.2 Å². The Morgan fingerprint density at radius 3 is 2.71 bits per heavy atom. The number of halogens is 1. The average molecular weight is 397 g/mol. The van der Waals surface area contributed by atoms with Crippen molar-refractivity contribution >= 4 is 34.2 Å². The summed E-state index contributed by atoms with van der Waals surface area (Å²) in [4.78, 5) is 35.3. The molecule has 144 valence electrons. The third kappa shape index (κ3) is 3.66. The third-order valence-corrected chi connectivity index (χ3v) is 5.28. The molecule has 0 aliphatic carbocycles. The van der Waals surface area contributed by atoms with Crippen LogP contribution in [0.3, 0.4) is 0 Å². The van der Waals surface area contributed by atoms with Crippen LogP contribution >= 0.6 is 11.6 Å². The number of amides is 1. The molecule has 6 nitrogen and oxygen atoms in total. The number of nitrogens with zero attached hydrogens (tertiary/aromatic N) is 2. The first-order chi connectivity index (χ1) is 13.5. The molecular weight excluding hydrogens is 376 g/mol. The second-order valence-electron chi connectivity index (χ2n) is 7.02. The highest BCUT2D eigenvalue weighted by molar-refractivity contribution is 6.31. The van der Waals surface area contributed by atoms with Crippen LogP contribution < -0.4 is 5.32 Å². The molecule has 0 radical (unpaired) electrons. The van der Waals surface area contributed by atoms with Crippen LogP contribution in [0.5, 0.6) is 0 Å². The van der Waals surface area contributed by atoms with E-state index in [0.717, 1.165) is 29.6 Å². The summed E-state index contributed by atoms with van der Waals surface area (Å²) in [6.45, 7) is 4.82. The zero-order valence-electron chi connectivity index (χ0n) is 15.6. The van der Waals surface area contributed by atoms with Gasteiger partial charge in [-0.3, -0.25) is 14.6 Å². The number of pyridine rings is 1. The number of aryl methyl sites for hydroxylation is 1. The number of benzene rings is 1. The first kappa shape index (κ1) is 18.7. The highest BCUT2D eigenvalue weighted by Gasteiger charge is 2.25. The number of rotatable bonds is 4. The summed E-state index contributed by atoms with van der Waals surface area (Å²) >= 11 is 6.19. The minimum absolute atomic E-state index is 0.00799. The molecule has 1 aliphatic heterocycles. The van der Waals surface area contributed by atoms with Gasteiger partial charge in [0, 0.05) is 48.3 Å². The zero-order chi connectivity index (χ0) is 19.7. The average Bonchev–Trinajstić information content (AvgIpc) is 3.05. The van der Waals surface area contributed by atoms with E-state index in [-0.39, 0.29) is 18.1 Å². The van der Waals surface area contributed by atoms with Crippen molar-refractivity contribution in [2.75, 3.05) is 26.2 Å². The highest BCUT2D eigenvalue weighted by Crippen LogP contribution is 2.28. The van der Waals surface area contributed by atoms with Crippen LogP contribution in [0.1, 0.15) is 27.3 Å². The fourth-order valence-corrected chi connectivity index (χ4v) is 3.74. The minimum Gasteiger partial charge on any atom is -0.352 e. The molecule has 0 bridgehead atoms. The molecule has 28 heavy (non-hydrogen) atoms. The van der Waals surface area contributed by atoms with Gasteiger partial charge in [-0.1, -0.05) is 11.6 Å². The lowest BCUT2D eigenvalue weighted by Crippen LogP contribution is -2.47. The van der Waals surface area contributed by atoms with Gasteiger partial charge in [-0.05, 0) is 48.4 Å². The molecule has 1 amide bonds. The summed E-state index contributed by atoms with van der Waals surface area (Å²) in [5.74, 6) is -0.215. The van der Waals surface area contributed by atoms with Crippen molar-refractivity contribution in [2.45, 2.75) is 13.3 Å². The van der Waals surface area contributed by atoms with Crippen LogP contribution in [0.4, 0.5) is 0 Å². The summed E-state index contributed by atoms with van der Waals surface area (Å²) < 4.78 is 0. The van der Waals surface area contributed by atoms with Crippen LogP contribution in [0.15, 0.2) is 36.5 Å². The molecule has 7 heteroatoms. The number of ketones is 1. The van der Waals surface area contributed by atoms with Gasteiger partial charge >= 0.3 is 0 Å². The molecule has 1 saturated heterocycles. The Morgan fingerprint density at radius 2 is 1.96 bits per heavy atom. The van der Waals surface area contributed by atoms with Crippen LogP contribution in [-0.4, -0.2) is 52.7 Å². The summed E-state index contributed by atoms with van der Waals surface area (Å²) in [6.07, 6.45) is 1.76. The van der Waals surface area contributed by atoms with Gasteiger partial charge < -0.3 is 15.2 Å².